The minimum atomic E-state index is -0.0573. The van der Waals surface area contributed by atoms with Crippen LogP contribution < -0.4 is 10.6 Å². The second kappa shape index (κ2) is 6.32. The van der Waals surface area contributed by atoms with Gasteiger partial charge >= 0.3 is 0 Å². The van der Waals surface area contributed by atoms with Crippen molar-refractivity contribution in [2.45, 2.75) is 57.5 Å². The van der Waals surface area contributed by atoms with Crippen LogP contribution in [0.25, 0.3) is 11.0 Å². The van der Waals surface area contributed by atoms with Crippen LogP contribution in [0, 0.1) is 0 Å². The van der Waals surface area contributed by atoms with Gasteiger partial charge in [0.15, 0.2) is 0 Å². The Hall–Kier alpha value is -1.88. The summed E-state index contributed by atoms with van der Waals surface area (Å²) in [5.74, 6) is 1.26. The number of amides is 1. The van der Waals surface area contributed by atoms with E-state index in [4.69, 9.17) is 4.98 Å². The van der Waals surface area contributed by atoms with Crippen molar-refractivity contribution < 1.29 is 4.79 Å². The molecule has 1 aromatic carbocycles. The summed E-state index contributed by atoms with van der Waals surface area (Å²) < 4.78 is 2.34. The summed E-state index contributed by atoms with van der Waals surface area (Å²) in [6.07, 6.45) is 8.00. The summed E-state index contributed by atoms with van der Waals surface area (Å²) in [5.41, 5.74) is 3.04. The highest BCUT2D eigenvalue weighted by Crippen LogP contribution is 2.24. The van der Waals surface area contributed by atoms with Gasteiger partial charge in [0.2, 0.25) is 5.91 Å². The fraction of sp³-hybridized carbons (Fsp3) is 0.556. The third-order valence-corrected chi connectivity index (χ3v) is 5.00. The first-order chi connectivity index (χ1) is 11.3. The average Bonchev–Trinajstić information content (AvgIpc) is 2.76. The number of hydrogen-bond donors (Lipinski definition) is 2. The molecule has 0 bridgehead atoms. The van der Waals surface area contributed by atoms with Gasteiger partial charge in [-0.1, -0.05) is 12.8 Å². The minimum Gasteiger partial charge on any atom is -0.328 e. The predicted molar refractivity (Wildman–Crippen MR) is 91.6 cm³/mol. The van der Waals surface area contributed by atoms with Gasteiger partial charge in [0.25, 0.3) is 0 Å². The summed E-state index contributed by atoms with van der Waals surface area (Å²) in [5, 5.41) is 6.34. The fourth-order valence-corrected chi connectivity index (χ4v) is 3.73. The molecule has 122 valence electrons. The Kier molecular flexibility index (Phi) is 4.04. The molecule has 3 heterocycles. The number of rotatable bonds is 2. The molecule has 2 aromatic rings. The van der Waals surface area contributed by atoms with Crippen molar-refractivity contribution in [1.29, 1.82) is 0 Å². The van der Waals surface area contributed by atoms with Gasteiger partial charge in [-0.05, 0) is 50.4 Å². The van der Waals surface area contributed by atoms with E-state index in [0.717, 1.165) is 50.0 Å². The van der Waals surface area contributed by atoms with E-state index in [-0.39, 0.29) is 11.9 Å². The van der Waals surface area contributed by atoms with Crippen molar-refractivity contribution in [3.8, 4) is 0 Å². The number of aromatic nitrogens is 2. The molecule has 2 aliphatic rings. The molecule has 5 nitrogen and oxygen atoms in total. The molecule has 1 saturated heterocycles. The van der Waals surface area contributed by atoms with Gasteiger partial charge in [-0.2, -0.15) is 0 Å². The molecule has 2 N–H and O–H groups in total. The van der Waals surface area contributed by atoms with Crippen LogP contribution >= 0.6 is 0 Å². The molecule has 0 spiro atoms. The van der Waals surface area contributed by atoms with Crippen LogP contribution in [-0.4, -0.2) is 28.0 Å². The van der Waals surface area contributed by atoms with Crippen molar-refractivity contribution in [1.82, 2.24) is 14.9 Å². The third kappa shape index (κ3) is 2.98. The standard InChI is InChI=1S/C18H24N4O/c23-18(14-6-3-4-10-19-14)20-13-8-9-16-15(12-13)21-17-7-2-1-5-11-22(16)17/h8-9,12,14,19H,1-7,10-11H2,(H,20,23)/t14-/m1/s1. The molecule has 0 unspecified atom stereocenters. The van der Waals surface area contributed by atoms with Crippen LogP contribution in [0.15, 0.2) is 18.2 Å². The fourth-order valence-electron chi connectivity index (χ4n) is 3.73. The van der Waals surface area contributed by atoms with Gasteiger partial charge in [0.05, 0.1) is 17.1 Å². The highest BCUT2D eigenvalue weighted by molar-refractivity contribution is 5.96. The molecular weight excluding hydrogens is 288 g/mol. The quantitative estimate of drug-likeness (QED) is 0.896. The van der Waals surface area contributed by atoms with E-state index in [2.05, 4.69) is 21.3 Å². The monoisotopic (exact) mass is 312 g/mol. The Morgan fingerprint density at radius 1 is 1.22 bits per heavy atom. The molecule has 2 aliphatic heterocycles. The first-order valence-electron chi connectivity index (χ1n) is 8.85. The first kappa shape index (κ1) is 14.7. The van der Waals surface area contributed by atoms with E-state index in [9.17, 15) is 4.79 Å². The minimum absolute atomic E-state index is 0.0573. The van der Waals surface area contributed by atoms with Crippen LogP contribution in [-0.2, 0) is 17.8 Å². The van der Waals surface area contributed by atoms with Gasteiger partial charge in [-0.25, -0.2) is 4.98 Å². The second-order valence-electron chi connectivity index (χ2n) is 6.69. The summed E-state index contributed by atoms with van der Waals surface area (Å²) in [6.45, 7) is 1.99. The second-order valence-corrected chi connectivity index (χ2v) is 6.69. The zero-order valence-electron chi connectivity index (χ0n) is 13.5. The molecule has 23 heavy (non-hydrogen) atoms. The van der Waals surface area contributed by atoms with E-state index >= 15 is 0 Å². The number of hydrogen-bond acceptors (Lipinski definition) is 3. The van der Waals surface area contributed by atoms with Crippen molar-refractivity contribution in [3.63, 3.8) is 0 Å². The average molecular weight is 312 g/mol. The lowest BCUT2D eigenvalue weighted by Gasteiger charge is -2.22. The number of anilines is 1. The summed E-state index contributed by atoms with van der Waals surface area (Å²) >= 11 is 0. The van der Waals surface area contributed by atoms with Crippen LogP contribution in [0.5, 0.6) is 0 Å². The largest absolute Gasteiger partial charge is 0.328 e. The molecule has 0 radical (unpaired) electrons. The normalized spacial score (nSPS) is 21.7. The Morgan fingerprint density at radius 2 is 2.17 bits per heavy atom. The number of carbonyl (C=O) groups is 1. The maximum Gasteiger partial charge on any atom is 0.241 e. The van der Waals surface area contributed by atoms with Crippen molar-refractivity contribution in [2.75, 3.05) is 11.9 Å². The predicted octanol–water partition coefficient (Wildman–Crippen LogP) is 2.84. The Labute approximate surface area is 136 Å². The molecule has 0 aliphatic carbocycles. The first-order valence-corrected chi connectivity index (χ1v) is 8.85. The molecular formula is C18H24N4O. The zero-order chi connectivity index (χ0) is 15.6. The molecule has 1 amide bonds. The van der Waals surface area contributed by atoms with Crippen LogP contribution in [0.3, 0.4) is 0 Å². The molecule has 5 heteroatoms. The Morgan fingerprint density at radius 3 is 3.04 bits per heavy atom. The number of benzene rings is 1. The van der Waals surface area contributed by atoms with Gasteiger partial charge in [-0.3, -0.25) is 4.79 Å². The number of piperidine rings is 1. The van der Waals surface area contributed by atoms with Gasteiger partial charge in [0, 0.05) is 18.7 Å². The van der Waals surface area contributed by atoms with E-state index in [1.807, 2.05) is 12.1 Å². The van der Waals surface area contributed by atoms with E-state index < -0.39 is 0 Å². The lowest BCUT2D eigenvalue weighted by Crippen LogP contribution is -2.43. The van der Waals surface area contributed by atoms with Gasteiger partial charge < -0.3 is 15.2 Å². The number of nitrogens with one attached hydrogen (secondary N) is 2. The van der Waals surface area contributed by atoms with Gasteiger partial charge in [-0.15, -0.1) is 0 Å². The summed E-state index contributed by atoms with van der Waals surface area (Å²) in [6, 6.07) is 6.06. The highest BCUT2D eigenvalue weighted by Gasteiger charge is 2.21. The molecule has 1 atom stereocenters. The van der Waals surface area contributed by atoms with Gasteiger partial charge in [0.1, 0.15) is 5.82 Å². The highest BCUT2D eigenvalue weighted by atomic mass is 16.2. The molecule has 0 saturated carbocycles. The molecule has 4 rings (SSSR count). The van der Waals surface area contributed by atoms with Crippen molar-refractivity contribution in [3.05, 3.63) is 24.0 Å². The number of imidazole rings is 1. The maximum atomic E-state index is 12.3. The zero-order valence-corrected chi connectivity index (χ0v) is 13.5. The number of fused-ring (bicyclic) bond motifs is 3. The number of carbonyl (C=O) groups excluding carboxylic acids is 1. The van der Waals surface area contributed by atoms with Crippen LogP contribution in [0.1, 0.15) is 44.3 Å². The topological polar surface area (TPSA) is 59.0 Å². The smallest absolute Gasteiger partial charge is 0.241 e. The third-order valence-electron chi connectivity index (χ3n) is 5.00. The summed E-state index contributed by atoms with van der Waals surface area (Å²) in [4.78, 5) is 17.1. The van der Waals surface area contributed by atoms with Crippen LogP contribution in [0.4, 0.5) is 5.69 Å². The SMILES string of the molecule is O=C(Nc1ccc2c(c1)nc1n2CCCCC1)[C@H]1CCCCN1. The van der Waals surface area contributed by atoms with E-state index in [0.29, 0.717) is 0 Å². The van der Waals surface area contributed by atoms with Crippen molar-refractivity contribution >= 4 is 22.6 Å². The maximum absolute atomic E-state index is 12.3. The lowest BCUT2D eigenvalue weighted by atomic mass is 10.0. The van der Waals surface area contributed by atoms with E-state index in [1.165, 1.54) is 30.6 Å². The number of aryl methyl sites for hydroxylation is 2. The van der Waals surface area contributed by atoms with Crippen LogP contribution in [0.2, 0.25) is 0 Å². The summed E-state index contributed by atoms with van der Waals surface area (Å²) in [7, 11) is 0. The van der Waals surface area contributed by atoms with E-state index in [1.54, 1.807) is 0 Å². The Bertz CT molecular complexity index is 715. The molecule has 1 aromatic heterocycles. The number of nitrogens with zero attached hydrogens (tertiary/aromatic N) is 2. The Balaban J connectivity index is 1.55. The lowest BCUT2D eigenvalue weighted by molar-refractivity contribution is -0.118. The molecule has 1 fully saturated rings. The van der Waals surface area contributed by atoms with Crippen molar-refractivity contribution in [2.24, 2.45) is 0 Å².